The van der Waals surface area contributed by atoms with Crippen molar-refractivity contribution in [2.75, 3.05) is 18.4 Å². The minimum Gasteiger partial charge on any atom is -0.478 e. The zero-order valence-corrected chi connectivity index (χ0v) is 18.0. The van der Waals surface area contributed by atoms with E-state index < -0.39 is 11.4 Å². The minimum absolute atomic E-state index is 0.0476. The average molecular weight is 432 g/mol. The van der Waals surface area contributed by atoms with Crippen molar-refractivity contribution < 1.29 is 14.7 Å². The van der Waals surface area contributed by atoms with Crippen molar-refractivity contribution in [1.29, 1.82) is 0 Å². The summed E-state index contributed by atoms with van der Waals surface area (Å²) in [6.45, 7) is 6.85. The molecule has 2 aromatic rings. The Balaban J connectivity index is 2.03. The molecule has 1 aliphatic heterocycles. The van der Waals surface area contributed by atoms with Crippen LogP contribution in [0.5, 0.6) is 0 Å². The lowest BCUT2D eigenvalue weighted by atomic mass is 9.69. The molecule has 0 aliphatic carbocycles. The number of amides is 1. The summed E-state index contributed by atoms with van der Waals surface area (Å²) in [7, 11) is 0. The predicted molar refractivity (Wildman–Crippen MR) is 117 cm³/mol. The molecule has 0 bridgehead atoms. The first-order valence-electron chi connectivity index (χ1n) is 9.21. The van der Waals surface area contributed by atoms with Crippen LogP contribution in [0.25, 0.3) is 0 Å². The fourth-order valence-electron chi connectivity index (χ4n) is 3.65. The molecule has 1 aromatic heterocycles. The van der Waals surface area contributed by atoms with E-state index in [0.717, 1.165) is 16.1 Å². The third kappa shape index (κ3) is 3.97. The van der Waals surface area contributed by atoms with Gasteiger partial charge in [0.2, 0.25) is 5.91 Å². The lowest BCUT2D eigenvalue weighted by molar-refractivity contribution is -0.126. The number of carboxylic acid groups (broad SMARTS) is 1. The third-order valence-electron chi connectivity index (χ3n) is 5.25. The van der Waals surface area contributed by atoms with Gasteiger partial charge in [0.15, 0.2) is 0 Å². The number of pyridine rings is 1. The molecule has 1 amide bonds. The number of thiocarbonyl (C=S) groups is 1. The molecule has 29 heavy (non-hydrogen) atoms. The van der Waals surface area contributed by atoms with Crippen molar-refractivity contribution in [1.82, 2.24) is 9.88 Å². The summed E-state index contributed by atoms with van der Waals surface area (Å²) in [5.41, 5.74) is 1.19. The quantitative estimate of drug-likeness (QED) is 0.548. The highest BCUT2D eigenvalue weighted by Crippen LogP contribution is 2.40. The monoisotopic (exact) mass is 431 g/mol. The molecular weight excluding hydrogens is 410 g/mol. The second kappa shape index (κ2) is 8.08. The fraction of sp³-hybridized carbons (Fsp3) is 0.333. The molecule has 0 atom stereocenters. The Labute approximate surface area is 179 Å². The molecule has 1 aromatic carbocycles. The Kier molecular flexibility index (Phi) is 5.91. The number of nitrogens with zero attached hydrogens (tertiary/aromatic N) is 2. The largest absolute Gasteiger partial charge is 0.478 e. The van der Waals surface area contributed by atoms with E-state index in [-0.39, 0.29) is 28.2 Å². The molecule has 8 heteroatoms. The van der Waals surface area contributed by atoms with Crippen LogP contribution in [0.2, 0.25) is 5.15 Å². The van der Waals surface area contributed by atoms with Crippen molar-refractivity contribution in [3.8, 4) is 0 Å². The maximum atomic E-state index is 13.5. The van der Waals surface area contributed by atoms with E-state index in [0.29, 0.717) is 13.1 Å². The number of nitrogens with one attached hydrogen (secondary N) is 1. The Bertz CT molecular complexity index is 987. The van der Waals surface area contributed by atoms with Crippen LogP contribution in [0.1, 0.15) is 48.2 Å². The molecule has 0 saturated carbocycles. The highest BCUT2D eigenvalue weighted by molar-refractivity contribution is 7.80. The lowest BCUT2D eigenvalue weighted by Gasteiger charge is -2.50. The Morgan fingerprint density at radius 3 is 2.55 bits per heavy atom. The smallest absolute Gasteiger partial charge is 0.337 e. The zero-order valence-electron chi connectivity index (χ0n) is 16.4. The van der Waals surface area contributed by atoms with E-state index in [9.17, 15) is 14.7 Å². The van der Waals surface area contributed by atoms with E-state index in [1.165, 1.54) is 12.3 Å². The Morgan fingerprint density at radius 1 is 1.31 bits per heavy atom. The van der Waals surface area contributed by atoms with Gasteiger partial charge >= 0.3 is 5.97 Å². The number of halogens is 1. The molecule has 0 radical (unpaired) electrons. The van der Waals surface area contributed by atoms with Crippen molar-refractivity contribution in [2.45, 2.75) is 32.1 Å². The number of carboxylic acids is 1. The molecular formula is C21H22ClN3O3S. The van der Waals surface area contributed by atoms with Gasteiger partial charge in [-0.2, -0.15) is 0 Å². The van der Waals surface area contributed by atoms with E-state index in [1.807, 2.05) is 36.1 Å². The Hall–Kier alpha value is -2.51. The van der Waals surface area contributed by atoms with Gasteiger partial charge in [0, 0.05) is 13.1 Å². The first-order valence-corrected chi connectivity index (χ1v) is 9.99. The number of likely N-dealkylation sites (tertiary alicyclic amines) is 1. The average Bonchev–Trinajstić information content (AvgIpc) is 2.62. The molecule has 1 fully saturated rings. The first kappa shape index (κ1) is 21.2. The van der Waals surface area contributed by atoms with Gasteiger partial charge in [0.25, 0.3) is 0 Å². The molecule has 1 aliphatic rings. The maximum Gasteiger partial charge on any atom is 0.337 e. The molecule has 1 saturated heterocycles. The normalized spacial score (nSPS) is 15.0. The van der Waals surface area contributed by atoms with Crippen molar-refractivity contribution in [2.24, 2.45) is 0 Å². The number of hydrogen-bond acceptors (Lipinski definition) is 4. The number of anilines is 1. The maximum absolute atomic E-state index is 13.5. The zero-order chi connectivity index (χ0) is 21.3. The summed E-state index contributed by atoms with van der Waals surface area (Å²) < 4.78 is 0. The number of aromatic carboxylic acids is 1. The molecule has 2 N–H and O–H groups in total. The summed E-state index contributed by atoms with van der Waals surface area (Å²) >= 11 is 11.1. The number of carbonyl (C=O) groups is 2. The van der Waals surface area contributed by atoms with Crippen molar-refractivity contribution in [3.05, 3.63) is 58.4 Å². The molecule has 3 rings (SSSR count). The topological polar surface area (TPSA) is 82.5 Å². The summed E-state index contributed by atoms with van der Waals surface area (Å²) in [5, 5.41) is 12.3. The van der Waals surface area contributed by atoms with Gasteiger partial charge in [-0.3, -0.25) is 4.79 Å². The van der Waals surface area contributed by atoms with Crippen molar-refractivity contribution >= 4 is 46.4 Å². The number of carbonyl (C=O) groups excluding carboxylic acids is 1. The van der Waals surface area contributed by atoms with Gasteiger partial charge < -0.3 is 15.3 Å². The summed E-state index contributed by atoms with van der Waals surface area (Å²) in [6.07, 6.45) is 1.27. The Morgan fingerprint density at radius 2 is 1.97 bits per heavy atom. The van der Waals surface area contributed by atoms with Crippen LogP contribution in [0, 0.1) is 0 Å². The van der Waals surface area contributed by atoms with Gasteiger partial charge in [-0.15, -0.1) is 0 Å². The third-order valence-corrected chi connectivity index (χ3v) is 5.71. The molecule has 152 valence electrons. The van der Waals surface area contributed by atoms with Crippen LogP contribution in [-0.4, -0.2) is 44.9 Å². The summed E-state index contributed by atoms with van der Waals surface area (Å²) in [4.78, 5) is 31.7. The van der Waals surface area contributed by atoms with Gasteiger partial charge in [-0.25, -0.2) is 9.78 Å². The van der Waals surface area contributed by atoms with E-state index in [2.05, 4.69) is 24.1 Å². The number of rotatable bonds is 5. The van der Waals surface area contributed by atoms with Gasteiger partial charge in [-0.1, -0.05) is 61.9 Å². The molecule has 0 spiro atoms. The van der Waals surface area contributed by atoms with Crippen LogP contribution in [0.3, 0.4) is 0 Å². The number of hydrogen-bond donors (Lipinski definition) is 2. The number of benzene rings is 1. The second-order valence-electron chi connectivity index (χ2n) is 7.51. The predicted octanol–water partition coefficient (Wildman–Crippen LogP) is 4.10. The van der Waals surface area contributed by atoms with Gasteiger partial charge in [-0.05, 0) is 30.0 Å². The first-order chi connectivity index (χ1) is 13.7. The number of aromatic nitrogens is 1. The van der Waals surface area contributed by atoms with E-state index >= 15 is 0 Å². The highest BCUT2D eigenvalue weighted by Gasteiger charge is 2.52. The molecule has 0 unspecified atom stereocenters. The van der Waals surface area contributed by atoms with Crippen LogP contribution in [-0.2, 0) is 10.2 Å². The van der Waals surface area contributed by atoms with E-state index in [1.54, 1.807) is 0 Å². The van der Waals surface area contributed by atoms with Gasteiger partial charge in [0.1, 0.15) is 10.6 Å². The summed E-state index contributed by atoms with van der Waals surface area (Å²) in [5.74, 6) is -1.25. The van der Waals surface area contributed by atoms with Gasteiger partial charge in [0.05, 0.1) is 22.4 Å². The second-order valence-corrected chi connectivity index (χ2v) is 8.49. The SMILES string of the molecule is CC(=S)N1CC(C(=O)Nc2cnc(Cl)cc2C(=O)O)(c2ccccc2C(C)C)C1. The molecule has 2 heterocycles. The van der Waals surface area contributed by atoms with Crippen LogP contribution < -0.4 is 5.32 Å². The van der Waals surface area contributed by atoms with Crippen LogP contribution in [0.4, 0.5) is 5.69 Å². The molecule has 6 nitrogen and oxygen atoms in total. The van der Waals surface area contributed by atoms with Crippen LogP contribution >= 0.6 is 23.8 Å². The van der Waals surface area contributed by atoms with E-state index in [4.69, 9.17) is 23.8 Å². The summed E-state index contributed by atoms with van der Waals surface area (Å²) in [6, 6.07) is 9.08. The minimum atomic E-state index is -1.19. The van der Waals surface area contributed by atoms with Crippen molar-refractivity contribution in [3.63, 3.8) is 0 Å². The van der Waals surface area contributed by atoms with Crippen LogP contribution in [0.15, 0.2) is 36.5 Å². The standard InChI is InChI=1S/C21H22ClN3O3S/c1-12(2)14-6-4-5-7-16(14)21(10-25(11-21)13(3)29)20(28)24-17-9-23-18(22)8-15(17)19(26)27/h4-9,12H,10-11H2,1-3H3,(H,24,28)(H,26,27). The fourth-order valence-corrected chi connectivity index (χ4v) is 3.94. The lowest BCUT2D eigenvalue weighted by Crippen LogP contribution is -2.66. The highest BCUT2D eigenvalue weighted by atomic mass is 35.5.